The summed E-state index contributed by atoms with van der Waals surface area (Å²) in [6, 6.07) is 2.71. The lowest BCUT2D eigenvalue weighted by Crippen LogP contribution is -2.18. The molecule has 2 unspecified atom stereocenters. The van der Waals surface area contributed by atoms with Gasteiger partial charge in [-0.05, 0) is 58.4 Å². The van der Waals surface area contributed by atoms with Crippen molar-refractivity contribution in [2.45, 2.75) is 82.6 Å². The van der Waals surface area contributed by atoms with Crippen molar-refractivity contribution in [1.82, 2.24) is 29.7 Å². The summed E-state index contributed by atoms with van der Waals surface area (Å²) in [5.74, 6) is 0.635. The van der Waals surface area contributed by atoms with Gasteiger partial charge in [0.15, 0.2) is 5.65 Å². The van der Waals surface area contributed by atoms with Crippen LogP contribution in [-0.4, -0.2) is 55.3 Å². The van der Waals surface area contributed by atoms with Gasteiger partial charge in [-0.25, -0.2) is 28.7 Å². The van der Waals surface area contributed by atoms with Gasteiger partial charge >= 0.3 is 0 Å². The Morgan fingerprint density at radius 3 is 2.21 bits per heavy atom. The molecule has 6 rings (SSSR count). The molecule has 3 aromatic heterocycles. The minimum absolute atomic E-state index is 0.148. The van der Waals surface area contributed by atoms with Crippen LogP contribution in [0.5, 0.6) is 0 Å². The number of hydrogen-bond donors (Lipinski definition) is 0. The summed E-state index contributed by atoms with van der Waals surface area (Å²) in [5.41, 5.74) is 3.39. The Morgan fingerprint density at radius 1 is 0.879 bits per heavy atom. The molecule has 1 saturated heterocycles. The van der Waals surface area contributed by atoms with E-state index in [1.54, 1.807) is 0 Å². The maximum absolute atomic E-state index is 13.8. The van der Waals surface area contributed by atoms with Crippen molar-refractivity contribution >= 4 is 11.2 Å². The molecule has 2 aliphatic carbocycles. The lowest BCUT2D eigenvalue weighted by atomic mass is 9.97. The fraction of sp³-hybridized carbons (Fsp3) is 0.625. The third-order valence-corrected chi connectivity index (χ3v) is 6.82. The molecule has 0 amide bonds. The number of halogens is 2. The van der Waals surface area contributed by atoms with E-state index in [4.69, 9.17) is 9.72 Å². The lowest BCUT2D eigenvalue weighted by Gasteiger charge is -2.22. The van der Waals surface area contributed by atoms with E-state index in [9.17, 15) is 8.78 Å². The Hall–Kier alpha value is -2.55. The highest BCUT2D eigenvalue weighted by Gasteiger charge is 2.38. The van der Waals surface area contributed by atoms with Crippen LogP contribution in [0.3, 0.4) is 0 Å². The van der Waals surface area contributed by atoms with Crippen molar-refractivity contribution in [3.05, 3.63) is 41.4 Å². The van der Waals surface area contributed by atoms with E-state index >= 15 is 0 Å². The number of nitrogens with zero attached hydrogens (tertiary/aromatic N) is 6. The molecule has 0 radical (unpaired) electrons. The van der Waals surface area contributed by atoms with E-state index in [-0.39, 0.29) is 24.7 Å². The molecule has 3 fully saturated rings. The number of hydrogen-bond acceptors (Lipinski definition) is 6. The molecule has 0 aromatic carbocycles. The Kier molecular flexibility index (Phi) is 6.32. The molecule has 3 aliphatic rings. The van der Waals surface area contributed by atoms with Gasteiger partial charge in [0.25, 0.3) is 0 Å². The fourth-order valence-corrected chi connectivity index (χ4v) is 4.57. The van der Waals surface area contributed by atoms with Crippen LogP contribution in [0.15, 0.2) is 18.5 Å². The molecule has 0 spiro atoms. The second-order valence-corrected chi connectivity index (χ2v) is 9.34. The van der Waals surface area contributed by atoms with E-state index in [0.717, 1.165) is 30.3 Å². The van der Waals surface area contributed by atoms with E-state index in [0.29, 0.717) is 35.9 Å². The van der Waals surface area contributed by atoms with E-state index in [1.165, 1.54) is 12.8 Å². The minimum atomic E-state index is -1.43. The predicted octanol–water partition coefficient (Wildman–Crippen LogP) is 4.70. The van der Waals surface area contributed by atoms with Crippen molar-refractivity contribution < 1.29 is 13.5 Å². The summed E-state index contributed by atoms with van der Waals surface area (Å²) in [4.78, 5) is 18.6. The van der Waals surface area contributed by atoms with E-state index in [1.807, 2.05) is 37.0 Å². The van der Waals surface area contributed by atoms with Crippen molar-refractivity contribution in [3.63, 3.8) is 0 Å². The van der Waals surface area contributed by atoms with Crippen molar-refractivity contribution in [2.75, 3.05) is 13.2 Å². The third-order valence-electron chi connectivity index (χ3n) is 6.82. The summed E-state index contributed by atoms with van der Waals surface area (Å²) in [5, 5.41) is 4.09. The van der Waals surface area contributed by atoms with Gasteiger partial charge in [0.2, 0.25) is 0 Å². The number of aryl methyl sites for hydroxylation is 2. The third kappa shape index (κ3) is 4.88. The predicted molar refractivity (Wildman–Crippen MR) is 120 cm³/mol. The van der Waals surface area contributed by atoms with Gasteiger partial charge < -0.3 is 4.74 Å². The maximum Gasteiger partial charge on any atom is 0.182 e. The number of ether oxygens (including phenoxy) is 1. The minimum Gasteiger partial charge on any atom is -0.381 e. The molecular weight excluding hydrogens is 426 g/mol. The molecule has 3 aromatic rings. The second kappa shape index (κ2) is 9.37. The molecule has 1 aliphatic heterocycles. The number of rotatable bonds is 3. The van der Waals surface area contributed by atoms with Gasteiger partial charge in [0.05, 0.1) is 23.1 Å². The molecule has 33 heavy (non-hydrogen) atoms. The molecule has 2 saturated carbocycles. The van der Waals surface area contributed by atoms with Crippen LogP contribution >= 0.6 is 0 Å². The van der Waals surface area contributed by atoms with Crippen LogP contribution in [0.2, 0.25) is 0 Å². The van der Waals surface area contributed by atoms with Gasteiger partial charge in [0, 0.05) is 37.4 Å². The van der Waals surface area contributed by atoms with Crippen LogP contribution in [0, 0.1) is 13.8 Å². The number of aromatic nitrogens is 6. The average Bonchev–Trinajstić information content (AvgIpc) is 3.42. The smallest absolute Gasteiger partial charge is 0.182 e. The lowest BCUT2D eigenvalue weighted by molar-refractivity contribution is 0.0836. The Balaban J connectivity index is 0.000000238. The quantitative estimate of drug-likeness (QED) is 0.568. The molecule has 0 bridgehead atoms. The van der Waals surface area contributed by atoms with Gasteiger partial charge in [-0.1, -0.05) is 0 Å². The highest BCUT2D eigenvalue weighted by molar-refractivity contribution is 5.73. The standard InChI is InChI=1S/C18H22F2N4O.C6H8N2/c1-9-10(2)22-18-16(21-9)15(12-7-13(19)14(20)8-12)23-17(24-18)11-3-5-25-6-4-11;1-4-7-8(5-1)6-2-3-6/h11-14H,3-8H2,1-2H3;1,4-6H,2-3H2. The summed E-state index contributed by atoms with van der Waals surface area (Å²) >= 11 is 0. The summed E-state index contributed by atoms with van der Waals surface area (Å²) in [7, 11) is 0. The zero-order valence-electron chi connectivity index (χ0n) is 19.1. The first kappa shape index (κ1) is 22.3. The maximum atomic E-state index is 13.8. The molecule has 4 heterocycles. The normalized spacial score (nSPS) is 25.8. The topological polar surface area (TPSA) is 78.6 Å². The second-order valence-electron chi connectivity index (χ2n) is 9.34. The fourth-order valence-electron chi connectivity index (χ4n) is 4.57. The van der Waals surface area contributed by atoms with Crippen LogP contribution < -0.4 is 0 Å². The van der Waals surface area contributed by atoms with Gasteiger partial charge in [0.1, 0.15) is 23.7 Å². The number of fused-ring (bicyclic) bond motifs is 1. The van der Waals surface area contributed by atoms with Gasteiger partial charge in [-0.2, -0.15) is 5.10 Å². The zero-order valence-corrected chi connectivity index (χ0v) is 19.1. The van der Waals surface area contributed by atoms with E-state index < -0.39 is 12.3 Å². The van der Waals surface area contributed by atoms with Gasteiger partial charge in [-0.15, -0.1) is 0 Å². The van der Waals surface area contributed by atoms with Crippen LogP contribution in [0.25, 0.3) is 11.2 Å². The summed E-state index contributed by atoms with van der Waals surface area (Å²) in [6.45, 7) is 5.13. The first-order valence-electron chi connectivity index (χ1n) is 11.9. The van der Waals surface area contributed by atoms with Crippen LogP contribution in [-0.2, 0) is 4.74 Å². The molecule has 176 valence electrons. The van der Waals surface area contributed by atoms with Crippen LogP contribution in [0.4, 0.5) is 8.78 Å². The Labute approximate surface area is 192 Å². The Bertz CT molecular complexity index is 1090. The average molecular weight is 457 g/mol. The van der Waals surface area contributed by atoms with Crippen molar-refractivity contribution in [1.29, 1.82) is 0 Å². The first-order valence-corrected chi connectivity index (χ1v) is 11.9. The first-order chi connectivity index (χ1) is 16.0. The summed E-state index contributed by atoms with van der Waals surface area (Å²) < 4.78 is 35.0. The molecule has 9 heteroatoms. The van der Waals surface area contributed by atoms with Crippen molar-refractivity contribution in [2.24, 2.45) is 0 Å². The largest absolute Gasteiger partial charge is 0.381 e. The molecule has 2 atom stereocenters. The monoisotopic (exact) mass is 456 g/mol. The SMILES string of the molecule is Cc1nc2nc(C3CCOCC3)nc(C3CC(F)C(F)C3)c2nc1C.c1cnn(C2CC2)c1. The van der Waals surface area contributed by atoms with Crippen LogP contribution in [0.1, 0.15) is 79.3 Å². The Morgan fingerprint density at radius 2 is 1.58 bits per heavy atom. The zero-order chi connectivity index (χ0) is 22.9. The van der Waals surface area contributed by atoms with E-state index in [2.05, 4.69) is 20.1 Å². The van der Waals surface area contributed by atoms with Gasteiger partial charge in [-0.3, -0.25) is 4.68 Å². The molecular formula is C24H30F2N6O. The highest BCUT2D eigenvalue weighted by Crippen LogP contribution is 2.40. The summed E-state index contributed by atoms with van der Waals surface area (Å²) in [6.07, 6.45) is 5.64. The highest BCUT2D eigenvalue weighted by atomic mass is 19.2. The molecule has 7 nitrogen and oxygen atoms in total. The molecule has 0 N–H and O–H groups in total. The van der Waals surface area contributed by atoms with Crippen molar-refractivity contribution in [3.8, 4) is 0 Å². The number of alkyl halides is 2.